The van der Waals surface area contributed by atoms with E-state index in [-0.39, 0.29) is 12.7 Å². The molecule has 0 saturated heterocycles. The lowest BCUT2D eigenvalue weighted by Gasteiger charge is -2.23. The van der Waals surface area contributed by atoms with Crippen molar-refractivity contribution in [2.75, 3.05) is 33.7 Å². The fourth-order valence-corrected chi connectivity index (χ4v) is 2.76. The van der Waals surface area contributed by atoms with Gasteiger partial charge in [0.05, 0.1) is 6.61 Å². The second kappa shape index (κ2) is 9.09. The standard InChI is InChI=1S/C20H21NO7/c1-25-8-7-21(11-14-5-6-17-18(9-14)28-13-27-17)20(24)15-3-2-4-16(10-15)26-12-19(22)23/h2-6,9-10H,7-8,11-13H2,1H3,(H,22,23). The van der Waals surface area contributed by atoms with Gasteiger partial charge in [0.1, 0.15) is 5.75 Å². The second-order valence-corrected chi connectivity index (χ2v) is 6.12. The van der Waals surface area contributed by atoms with E-state index in [1.807, 2.05) is 18.2 Å². The van der Waals surface area contributed by atoms with Gasteiger partial charge in [-0.1, -0.05) is 12.1 Å². The molecule has 0 unspecified atom stereocenters. The molecule has 1 aliphatic heterocycles. The smallest absolute Gasteiger partial charge is 0.341 e. The fourth-order valence-electron chi connectivity index (χ4n) is 2.76. The molecule has 8 heteroatoms. The summed E-state index contributed by atoms with van der Waals surface area (Å²) < 4.78 is 21.0. The van der Waals surface area contributed by atoms with Crippen molar-refractivity contribution in [3.05, 3.63) is 53.6 Å². The molecule has 0 fully saturated rings. The van der Waals surface area contributed by atoms with E-state index in [4.69, 9.17) is 24.1 Å². The number of hydrogen-bond acceptors (Lipinski definition) is 6. The van der Waals surface area contributed by atoms with E-state index in [9.17, 15) is 9.59 Å². The zero-order valence-corrected chi connectivity index (χ0v) is 15.4. The van der Waals surface area contributed by atoms with E-state index in [2.05, 4.69) is 0 Å². The molecule has 0 aromatic heterocycles. The third kappa shape index (κ3) is 4.92. The van der Waals surface area contributed by atoms with Crippen LogP contribution >= 0.6 is 0 Å². The maximum atomic E-state index is 13.0. The van der Waals surface area contributed by atoms with Crippen LogP contribution in [0.1, 0.15) is 15.9 Å². The molecule has 148 valence electrons. The number of fused-ring (bicyclic) bond motifs is 1. The first kappa shape index (κ1) is 19.5. The van der Waals surface area contributed by atoms with Gasteiger partial charge in [0, 0.05) is 25.8 Å². The van der Waals surface area contributed by atoms with Gasteiger partial charge in [0.25, 0.3) is 5.91 Å². The number of amides is 1. The first-order valence-corrected chi connectivity index (χ1v) is 8.68. The maximum absolute atomic E-state index is 13.0. The van der Waals surface area contributed by atoms with Gasteiger partial charge < -0.3 is 29.0 Å². The minimum absolute atomic E-state index is 0.189. The Morgan fingerprint density at radius 2 is 1.96 bits per heavy atom. The lowest BCUT2D eigenvalue weighted by atomic mass is 10.1. The molecule has 28 heavy (non-hydrogen) atoms. The maximum Gasteiger partial charge on any atom is 0.341 e. The summed E-state index contributed by atoms with van der Waals surface area (Å²) in [6, 6.07) is 12.0. The second-order valence-electron chi connectivity index (χ2n) is 6.12. The summed E-state index contributed by atoms with van der Waals surface area (Å²) in [6.45, 7) is 0.852. The molecule has 3 rings (SSSR count). The van der Waals surface area contributed by atoms with Gasteiger partial charge >= 0.3 is 5.97 Å². The van der Waals surface area contributed by atoms with Crippen LogP contribution in [0, 0.1) is 0 Å². The molecule has 1 amide bonds. The summed E-state index contributed by atoms with van der Waals surface area (Å²) in [7, 11) is 1.57. The van der Waals surface area contributed by atoms with Gasteiger partial charge in [0.2, 0.25) is 6.79 Å². The van der Waals surface area contributed by atoms with Crippen LogP contribution in [0.25, 0.3) is 0 Å². The molecule has 0 saturated carbocycles. The Morgan fingerprint density at radius 1 is 1.14 bits per heavy atom. The molecule has 0 atom stereocenters. The Labute approximate surface area is 162 Å². The summed E-state index contributed by atoms with van der Waals surface area (Å²) in [5.74, 6) is 0.363. The summed E-state index contributed by atoms with van der Waals surface area (Å²) in [4.78, 5) is 25.3. The Hall–Kier alpha value is -3.26. The molecule has 2 aromatic carbocycles. The van der Waals surface area contributed by atoms with Crippen molar-refractivity contribution in [3.8, 4) is 17.2 Å². The third-order valence-electron chi connectivity index (χ3n) is 4.11. The number of carbonyl (C=O) groups is 2. The van der Waals surface area contributed by atoms with Gasteiger partial charge in [-0.25, -0.2) is 4.79 Å². The lowest BCUT2D eigenvalue weighted by Crippen LogP contribution is -2.33. The highest BCUT2D eigenvalue weighted by molar-refractivity contribution is 5.94. The number of nitrogens with zero attached hydrogens (tertiary/aromatic N) is 1. The number of benzene rings is 2. The van der Waals surface area contributed by atoms with Crippen molar-refractivity contribution in [2.45, 2.75) is 6.54 Å². The Bertz CT molecular complexity index is 852. The van der Waals surface area contributed by atoms with Crippen LogP contribution in [-0.2, 0) is 16.1 Å². The quantitative estimate of drug-likeness (QED) is 0.705. The summed E-state index contributed by atoms with van der Waals surface area (Å²) in [5.41, 5.74) is 1.30. The van der Waals surface area contributed by atoms with Crippen LogP contribution in [-0.4, -0.2) is 55.5 Å². The Balaban J connectivity index is 1.76. The van der Waals surface area contributed by atoms with Crippen LogP contribution in [0.3, 0.4) is 0 Å². The lowest BCUT2D eigenvalue weighted by molar-refractivity contribution is -0.139. The number of carboxylic acid groups (broad SMARTS) is 1. The number of aliphatic carboxylic acids is 1. The highest BCUT2D eigenvalue weighted by Crippen LogP contribution is 2.33. The van der Waals surface area contributed by atoms with Crippen molar-refractivity contribution in [2.24, 2.45) is 0 Å². The summed E-state index contributed by atoms with van der Waals surface area (Å²) >= 11 is 0. The average molecular weight is 387 g/mol. The van der Waals surface area contributed by atoms with Crippen LogP contribution in [0.4, 0.5) is 0 Å². The van der Waals surface area contributed by atoms with E-state index in [1.165, 1.54) is 6.07 Å². The molecule has 0 bridgehead atoms. The van der Waals surface area contributed by atoms with E-state index < -0.39 is 12.6 Å². The van der Waals surface area contributed by atoms with Crippen molar-refractivity contribution in [3.63, 3.8) is 0 Å². The largest absolute Gasteiger partial charge is 0.482 e. The van der Waals surface area contributed by atoms with Crippen LogP contribution in [0.5, 0.6) is 17.2 Å². The molecule has 0 spiro atoms. The Kier molecular flexibility index (Phi) is 6.33. The van der Waals surface area contributed by atoms with E-state index >= 15 is 0 Å². The number of hydrogen-bond donors (Lipinski definition) is 1. The highest BCUT2D eigenvalue weighted by Gasteiger charge is 2.19. The van der Waals surface area contributed by atoms with Gasteiger partial charge in [0.15, 0.2) is 18.1 Å². The molecule has 2 aromatic rings. The number of methoxy groups -OCH3 is 1. The van der Waals surface area contributed by atoms with Gasteiger partial charge in [-0.15, -0.1) is 0 Å². The molecule has 1 N–H and O–H groups in total. The summed E-state index contributed by atoms with van der Waals surface area (Å²) in [6.07, 6.45) is 0. The SMILES string of the molecule is COCCN(Cc1ccc2c(c1)OCO2)C(=O)c1cccc(OCC(=O)O)c1. The number of carboxylic acids is 1. The van der Waals surface area contributed by atoms with Crippen LogP contribution in [0.2, 0.25) is 0 Å². The topological polar surface area (TPSA) is 94.5 Å². The average Bonchev–Trinajstić information content (AvgIpc) is 3.17. The molecule has 8 nitrogen and oxygen atoms in total. The fraction of sp³-hybridized carbons (Fsp3) is 0.300. The zero-order valence-electron chi connectivity index (χ0n) is 15.4. The highest BCUT2D eigenvalue weighted by atomic mass is 16.7. The normalized spacial score (nSPS) is 11.9. The van der Waals surface area contributed by atoms with Crippen LogP contribution in [0.15, 0.2) is 42.5 Å². The molecule has 0 aliphatic carbocycles. The molecular formula is C20H21NO7. The zero-order chi connectivity index (χ0) is 19.9. The predicted octanol–water partition coefficient (Wildman–Crippen LogP) is 2.17. The van der Waals surface area contributed by atoms with Gasteiger partial charge in [-0.3, -0.25) is 4.79 Å². The molecule has 1 heterocycles. The first-order valence-electron chi connectivity index (χ1n) is 8.68. The van der Waals surface area contributed by atoms with Gasteiger partial charge in [-0.05, 0) is 35.9 Å². The first-order chi connectivity index (χ1) is 13.6. The Morgan fingerprint density at radius 3 is 2.75 bits per heavy atom. The van der Waals surface area contributed by atoms with Crippen molar-refractivity contribution in [1.82, 2.24) is 4.90 Å². The number of ether oxygens (including phenoxy) is 4. The van der Waals surface area contributed by atoms with Gasteiger partial charge in [-0.2, -0.15) is 0 Å². The van der Waals surface area contributed by atoms with E-state index in [0.29, 0.717) is 42.5 Å². The monoisotopic (exact) mass is 387 g/mol. The molecule has 0 radical (unpaired) electrons. The number of rotatable bonds is 9. The van der Waals surface area contributed by atoms with E-state index in [0.717, 1.165) is 5.56 Å². The number of carbonyl (C=O) groups excluding carboxylic acids is 1. The van der Waals surface area contributed by atoms with Crippen molar-refractivity contribution >= 4 is 11.9 Å². The van der Waals surface area contributed by atoms with Crippen LogP contribution < -0.4 is 14.2 Å². The predicted molar refractivity (Wildman–Crippen MR) is 98.8 cm³/mol. The minimum atomic E-state index is -1.08. The summed E-state index contributed by atoms with van der Waals surface area (Å²) in [5, 5.41) is 8.74. The third-order valence-corrected chi connectivity index (χ3v) is 4.11. The minimum Gasteiger partial charge on any atom is -0.482 e. The molecular weight excluding hydrogens is 366 g/mol. The van der Waals surface area contributed by atoms with Crippen molar-refractivity contribution < 1.29 is 33.6 Å². The molecule has 1 aliphatic rings. The van der Waals surface area contributed by atoms with Crippen molar-refractivity contribution in [1.29, 1.82) is 0 Å². The van der Waals surface area contributed by atoms with E-state index in [1.54, 1.807) is 30.2 Å².